The highest BCUT2D eigenvalue weighted by Crippen LogP contribution is 2.31. The third-order valence-electron chi connectivity index (χ3n) is 4.02. The van der Waals surface area contributed by atoms with Gasteiger partial charge in [-0.15, -0.1) is 11.3 Å². The molecule has 3 nitrogen and oxygen atoms in total. The van der Waals surface area contributed by atoms with Gasteiger partial charge in [-0.25, -0.2) is 4.98 Å². The van der Waals surface area contributed by atoms with E-state index in [4.69, 9.17) is 0 Å². The molecule has 0 unspecified atom stereocenters. The molecular weight excluding hydrogens is 254 g/mol. The molecule has 0 aromatic carbocycles. The number of hydrogen-bond acceptors (Lipinski definition) is 3. The molecule has 2 aromatic rings. The van der Waals surface area contributed by atoms with E-state index in [1.165, 1.54) is 41.0 Å². The minimum absolute atomic E-state index is 0.650. The van der Waals surface area contributed by atoms with E-state index in [9.17, 15) is 0 Å². The average Bonchev–Trinajstić information content (AvgIpc) is 3.09. The summed E-state index contributed by atoms with van der Waals surface area (Å²) in [6.07, 6.45) is 9.32. The maximum absolute atomic E-state index is 4.46. The maximum Gasteiger partial charge on any atom is 0.203 e. The van der Waals surface area contributed by atoms with Gasteiger partial charge in [0.25, 0.3) is 0 Å². The van der Waals surface area contributed by atoms with Gasteiger partial charge >= 0.3 is 0 Å². The molecule has 0 spiro atoms. The van der Waals surface area contributed by atoms with Gasteiger partial charge < -0.3 is 9.88 Å². The monoisotopic (exact) mass is 275 g/mol. The van der Waals surface area contributed by atoms with Crippen LogP contribution < -0.4 is 5.32 Å². The van der Waals surface area contributed by atoms with Crippen molar-refractivity contribution in [3.05, 3.63) is 33.8 Å². The van der Waals surface area contributed by atoms with E-state index in [0.29, 0.717) is 6.04 Å². The Morgan fingerprint density at radius 2 is 2.16 bits per heavy atom. The summed E-state index contributed by atoms with van der Waals surface area (Å²) in [5.74, 6) is 1.02. The SMILES string of the molecule is Cc1cc(CNc2nccn2C2CCCC2)sc1C. The molecular formula is C15H21N3S. The zero-order valence-corrected chi connectivity index (χ0v) is 12.5. The van der Waals surface area contributed by atoms with Crippen LogP contribution in [0.3, 0.4) is 0 Å². The van der Waals surface area contributed by atoms with E-state index in [1.807, 2.05) is 17.5 Å². The molecule has 0 radical (unpaired) electrons. The second-order valence-corrected chi connectivity index (χ2v) is 6.74. The number of anilines is 1. The quantitative estimate of drug-likeness (QED) is 0.902. The van der Waals surface area contributed by atoms with Crippen LogP contribution in [0.1, 0.15) is 47.0 Å². The lowest BCUT2D eigenvalue weighted by Crippen LogP contribution is -2.10. The number of hydrogen-bond donors (Lipinski definition) is 1. The Labute approximate surface area is 118 Å². The molecule has 0 bridgehead atoms. The third-order valence-corrected chi connectivity index (χ3v) is 5.18. The Balaban J connectivity index is 1.68. The van der Waals surface area contributed by atoms with Crippen molar-refractivity contribution in [2.45, 2.75) is 52.1 Å². The predicted octanol–water partition coefficient (Wildman–Crippen LogP) is 4.29. The van der Waals surface area contributed by atoms with Crippen LogP contribution in [0.4, 0.5) is 5.95 Å². The molecule has 1 saturated carbocycles. The normalized spacial score (nSPS) is 16.1. The molecule has 102 valence electrons. The molecule has 2 heterocycles. The summed E-state index contributed by atoms with van der Waals surface area (Å²) in [5, 5.41) is 3.49. The number of rotatable bonds is 4. The van der Waals surface area contributed by atoms with Gasteiger partial charge in [0.05, 0.1) is 6.54 Å². The van der Waals surface area contributed by atoms with Crippen molar-refractivity contribution < 1.29 is 0 Å². The van der Waals surface area contributed by atoms with Crippen LogP contribution in [0.15, 0.2) is 18.5 Å². The molecule has 19 heavy (non-hydrogen) atoms. The Bertz CT molecular complexity index is 530. The van der Waals surface area contributed by atoms with Crippen molar-refractivity contribution >= 4 is 17.3 Å². The lowest BCUT2D eigenvalue weighted by atomic mass is 10.2. The van der Waals surface area contributed by atoms with Gasteiger partial charge in [-0.1, -0.05) is 12.8 Å². The van der Waals surface area contributed by atoms with E-state index >= 15 is 0 Å². The molecule has 0 aliphatic heterocycles. The lowest BCUT2D eigenvalue weighted by molar-refractivity contribution is 0.523. The fourth-order valence-corrected chi connectivity index (χ4v) is 3.82. The highest BCUT2D eigenvalue weighted by atomic mass is 32.1. The fraction of sp³-hybridized carbons (Fsp3) is 0.533. The molecule has 4 heteroatoms. The van der Waals surface area contributed by atoms with E-state index in [-0.39, 0.29) is 0 Å². The van der Waals surface area contributed by atoms with Gasteiger partial charge in [0.1, 0.15) is 0 Å². The molecule has 1 N–H and O–H groups in total. The van der Waals surface area contributed by atoms with Crippen LogP contribution in [0.5, 0.6) is 0 Å². The number of thiophene rings is 1. The topological polar surface area (TPSA) is 29.9 Å². The number of aromatic nitrogens is 2. The first-order valence-electron chi connectivity index (χ1n) is 7.06. The molecule has 0 atom stereocenters. The van der Waals surface area contributed by atoms with Crippen molar-refractivity contribution in [1.29, 1.82) is 0 Å². The first-order valence-corrected chi connectivity index (χ1v) is 7.88. The maximum atomic E-state index is 4.46. The summed E-state index contributed by atoms with van der Waals surface area (Å²) in [4.78, 5) is 7.26. The van der Waals surface area contributed by atoms with Gasteiger partial charge in [-0.2, -0.15) is 0 Å². The second-order valence-electron chi connectivity index (χ2n) is 5.40. The zero-order chi connectivity index (χ0) is 13.2. The minimum Gasteiger partial charge on any atom is -0.351 e. The average molecular weight is 275 g/mol. The van der Waals surface area contributed by atoms with Crippen LogP contribution in [-0.2, 0) is 6.54 Å². The van der Waals surface area contributed by atoms with Crippen LogP contribution in [0.25, 0.3) is 0 Å². The second kappa shape index (κ2) is 5.37. The summed E-state index contributed by atoms with van der Waals surface area (Å²) < 4.78 is 2.32. The highest BCUT2D eigenvalue weighted by Gasteiger charge is 2.19. The molecule has 0 amide bonds. The van der Waals surface area contributed by atoms with Crippen LogP contribution in [0.2, 0.25) is 0 Å². The van der Waals surface area contributed by atoms with Gasteiger partial charge in [-0.05, 0) is 38.3 Å². The highest BCUT2D eigenvalue weighted by molar-refractivity contribution is 7.12. The zero-order valence-electron chi connectivity index (χ0n) is 11.6. The predicted molar refractivity (Wildman–Crippen MR) is 80.9 cm³/mol. The van der Waals surface area contributed by atoms with Crippen molar-refractivity contribution in [2.24, 2.45) is 0 Å². The number of aryl methyl sites for hydroxylation is 2. The summed E-state index contributed by atoms with van der Waals surface area (Å²) in [6.45, 7) is 5.24. The molecule has 0 saturated heterocycles. The van der Waals surface area contributed by atoms with Crippen molar-refractivity contribution in [3.8, 4) is 0 Å². The minimum atomic E-state index is 0.650. The molecule has 1 aliphatic carbocycles. The molecule has 1 fully saturated rings. The summed E-state index contributed by atoms with van der Waals surface area (Å²) in [7, 11) is 0. The van der Waals surface area contributed by atoms with E-state index in [1.54, 1.807) is 0 Å². The van der Waals surface area contributed by atoms with Crippen LogP contribution in [0, 0.1) is 13.8 Å². The Kier molecular flexibility index (Phi) is 3.60. The van der Waals surface area contributed by atoms with Gasteiger partial charge in [0.2, 0.25) is 5.95 Å². The van der Waals surface area contributed by atoms with Crippen LogP contribution in [-0.4, -0.2) is 9.55 Å². The standard InChI is InChI=1S/C15H21N3S/c1-11-9-14(19-12(11)2)10-17-15-16-7-8-18(15)13-5-3-4-6-13/h7-9,13H,3-6,10H2,1-2H3,(H,16,17). The summed E-state index contributed by atoms with van der Waals surface area (Å²) in [5.41, 5.74) is 1.39. The molecule has 2 aromatic heterocycles. The van der Waals surface area contributed by atoms with Gasteiger partial charge in [0.15, 0.2) is 0 Å². The van der Waals surface area contributed by atoms with Crippen molar-refractivity contribution in [3.63, 3.8) is 0 Å². The van der Waals surface area contributed by atoms with Crippen molar-refractivity contribution in [1.82, 2.24) is 9.55 Å². The Morgan fingerprint density at radius 1 is 1.37 bits per heavy atom. The van der Waals surface area contributed by atoms with E-state index < -0.39 is 0 Å². The third kappa shape index (κ3) is 2.68. The molecule has 3 rings (SSSR count). The number of nitrogens with one attached hydrogen (secondary N) is 1. The van der Waals surface area contributed by atoms with Crippen molar-refractivity contribution in [2.75, 3.05) is 5.32 Å². The molecule has 1 aliphatic rings. The lowest BCUT2D eigenvalue weighted by Gasteiger charge is -2.15. The smallest absolute Gasteiger partial charge is 0.203 e. The van der Waals surface area contributed by atoms with Gasteiger partial charge in [0, 0.05) is 28.2 Å². The summed E-state index contributed by atoms with van der Waals surface area (Å²) >= 11 is 1.87. The fourth-order valence-electron chi connectivity index (χ4n) is 2.83. The Hall–Kier alpha value is -1.29. The first-order chi connectivity index (χ1) is 9.24. The largest absolute Gasteiger partial charge is 0.351 e. The number of nitrogens with zero attached hydrogens (tertiary/aromatic N) is 2. The van der Waals surface area contributed by atoms with Gasteiger partial charge in [-0.3, -0.25) is 0 Å². The summed E-state index contributed by atoms with van der Waals surface area (Å²) in [6, 6.07) is 2.92. The number of imidazole rings is 1. The Morgan fingerprint density at radius 3 is 2.84 bits per heavy atom. The van der Waals surface area contributed by atoms with E-state index in [2.05, 4.69) is 41.0 Å². The first kappa shape index (κ1) is 12.7. The van der Waals surface area contributed by atoms with Crippen LogP contribution >= 0.6 is 11.3 Å². The van der Waals surface area contributed by atoms with E-state index in [0.717, 1.165) is 12.5 Å².